The number of thioether (sulfide) groups is 1. The van der Waals surface area contributed by atoms with Crippen molar-refractivity contribution >= 4 is 11.8 Å². The van der Waals surface area contributed by atoms with Crippen molar-refractivity contribution < 1.29 is 10.2 Å². The van der Waals surface area contributed by atoms with Gasteiger partial charge in [0.25, 0.3) is 5.56 Å². The maximum atomic E-state index is 11.8. The van der Waals surface area contributed by atoms with Gasteiger partial charge in [0.2, 0.25) is 0 Å². The average molecular weight is 272 g/mol. The summed E-state index contributed by atoms with van der Waals surface area (Å²) in [5.74, 6) is 0.490. The molecule has 0 aliphatic carbocycles. The maximum Gasteiger partial charge on any atom is 0.329 e. The van der Waals surface area contributed by atoms with Gasteiger partial charge in [-0.05, 0) is 12.8 Å². The zero-order valence-electron chi connectivity index (χ0n) is 10.00. The second kappa shape index (κ2) is 5.29. The molecule has 0 amide bonds. The molecule has 2 heterocycles. The number of aromatic nitrogens is 2. The van der Waals surface area contributed by atoms with Crippen molar-refractivity contribution in [3.05, 3.63) is 32.6 Å². The number of H-pyrrole nitrogens is 1. The molecule has 3 atom stereocenters. The fourth-order valence-corrected chi connectivity index (χ4v) is 3.86. The molecule has 7 heteroatoms. The van der Waals surface area contributed by atoms with Gasteiger partial charge in [-0.25, -0.2) is 4.79 Å². The summed E-state index contributed by atoms with van der Waals surface area (Å²) in [5.41, 5.74) is -0.405. The van der Waals surface area contributed by atoms with E-state index in [1.54, 1.807) is 6.92 Å². The molecule has 0 unspecified atom stereocenters. The first kappa shape index (κ1) is 13.4. The highest BCUT2D eigenvalue weighted by atomic mass is 32.2. The highest BCUT2D eigenvalue weighted by Gasteiger charge is 2.37. The lowest BCUT2D eigenvalue weighted by atomic mass is 9.95. The molecule has 1 saturated heterocycles. The Labute approximate surface area is 108 Å². The van der Waals surface area contributed by atoms with E-state index in [2.05, 4.69) is 4.98 Å². The Hall–Kier alpha value is -1.05. The molecule has 3 N–H and O–H groups in total. The number of aryl methyl sites for hydroxylation is 1. The van der Waals surface area contributed by atoms with Crippen LogP contribution < -0.4 is 11.2 Å². The van der Waals surface area contributed by atoms with Crippen molar-refractivity contribution in [1.82, 2.24) is 9.55 Å². The number of rotatable bonds is 3. The Morgan fingerprint density at radius 1 is 1.44 bits per heavy atom. The molecule has 1 aromatic heterocycles. The Balaban J connectivity index is 2.40. The quantitative estimate of drug-likeness (QED) is 0.677. The lowest BCUT2D eigenvalue weighted by molar-refractivity contribution is 0.126. The summed E-state index contributed by atoms with van der Waals surface area (Å²) in [6, 6.07) is 0. The summed E-state index contributed by atoms with van der Waals surface area (Å²) in [6.45, 7) is 1.53. The van der Waals surface area contributed by atoms with Crippen molar-refractivity contribution in [3.63, 3.8) is 0 Å². The van der Waals surface area contributed by atoms with E-state index < -0.39 is 11.2 Å². The molecule has 1 aromatic rings. The van der Waals surface area contributed by atoms with E-state index in [1.807, 2.05) is 0 Å². The molecule has 6 nitrogen and oxygen atoms in total. The van der Waals surface area contributed by atoms with Crippen LogP contribution in [0.15, 0.2) is 15.8 Å². The van der Waals surface area contributed by atoms with E-state index in [-0.39, 0.29) is 30.4 Å². The summed E-state index contributed by atoms with van der Waals surface area (Å²) in [4.78, 5) is 25.4. The standard InChI is InChI=1S/C11H16N2O4S/c1-6-2-13(11(17)12-9(6)16)10-8(4-15)7(3-14)5-18-10/h2,7-8,10,14-15H,3-5H2,1H3,(H,12,16,17)/t7-,8-,10+/m0/s1. The molecule has 1 fully saturated rings. The second-order valence-corrected chi connectivity index (χ2v) is 5.64. The van der Waals surface area contributed by atoms with E-state index in [1.165, 1.54) is 22.5 Å². The summed E-state index contributed by atoms with van der Waals surface area (Å²) >= 11 is 1.51. The largest absolute Gasteiger partial charge is 0.396 e. The minimum Gasteiger partial charge on any atom is -0.396 e. The van der Waals surface area contributed by atoms with Crippen LogP contribution in [-0.4, -0.2) is 38.7 Å². The highest BCUT2D eigenvalue weighted by Crippen LogP contribution is 2.43. The van der Waals surface area contributed by atoms with E-state index in [9.17, 15) is 19.8 Å². The molecule has 0 radical (unpaired) electrons. The number of nitrogens with one attached hydrogen (secondary N) is 1. The van der Waals surface area contributed by atoms with Crippen LogP contribution in [0, 0.1) is 18.8 Å². The van der Waals surface area contributed by atoms with Crippen LogP contribution in [0.5, 0.6) is 0 Å². The number of aliphatic hydroxyl groups excluding tert-OH is 2. The lowest BCUT2D eigenvalue weighted by Gasteiger charge is -2.22. The van der Waals surface area contributed by atoms with Gasteiger partial charge >= 0.3 is 5.69 Å². The molecule has 2 rings (SSSR count). The van der Waals surface area contributed by atoms with Crippen LogP contribution in [0.2, 0.25) is 0 Å². The summed E-state index contributed by atoms with van der Waals surface area (Å²) in [6.07, 6.45) is 1.52. The molecule has 0 bridgehead atoms. The van der Waals surface area contributed by atoms with E-state index in [0.29, 0.717) is 11.3 Å². The number of aromatic amines is 1. The van der Waals surface area contributed by atoms with Crippen molar-refractivity contribution in [3.8, 4) is 0 Å². The first-order chi connectivity index (χ1) is 8.58. The first-order valence-electron chi connectivity index (χ1n) is 5.74. The third-order valence-corrected chi connectivity index (χ3v) is 4.86. The second-order valence-electron chi connectivity index (χ2n) is 4.49. The van der Waals surface area contributed by atoms with Crippen molar-refractivity contribution in [2.24, 2.45) is 11.8 Å². The van der Waals surface area contributed by atoms with Crippen molar-refractivity contribution in [2.45, 2.75) is 12.3 Å². The van der Waals surface area contributed by atoms with Crippen molar-refractivity contribution in [1.29, 1.82) is 0 Å². The topological polar surface area (TPSA) is 95.3 Å². The smallest absolute Gasteiger partial charge is 0.329 e. The van der Waals surface area contributed by atoms with Gasteiger partial charge in [-0.3, -0.25) is 14.3 Å². The van der Waals surface area contributed by atoms with Crippen LogP contribution in [0.3, 0.4) is 0 Å². The Morgan fingerprint density at radius 2 is 2.17 bits per heavy atom. The number of hydrogen-bond donors (Lipinski definition) is 3. The fraction of sp³-hybridized carbons (Fsp3) is 0.636. The van der Waals surface area contributed by atoms with E-state index in [0.717, 1.165) is 0 Å². The molecule has 0 aromatic carbocycles. The molecule has 0 spiro atoms. The summed E-state index contributed by atoms with van der Waals surface area (Å²) in [7, 11) is 0. The molecule has 1 aliphatic rings. The predicted octanol–water partition coefficient (Wildman–Crippen LogP) is -0.693. The molecule has 18 heavy (non-hydrogen) atoms. The maximum absolute atomic E-state index is 11.8. The number of aliphatic hydroxyl groups is 2. The van der Waals surface area contributed by atoms with Crippen LogP contribution in [-0.2, 0) is 0 Å². The predicted molar refractivity (Wildman–Crippen MR) is 68.7 cm³/mol. The van der Waals surface area contributed by atoms with E-state index in [4.69, 9.17) is 0 Å². The van der Waals surface area contributed by atoms with Crippen LogP contribution >= 0.6 is 11.8 Å². The van der Waals surface area contributed by atoms with Gasteiger partial charge in [0.1, 0.15) is 0 Å². The monoisotopic (exact) mass is 272 g/mol. The molecule has 1 aliphatic heterocycles. The van der Waals surface area contributed by atoms with Crippen LogP contribution in [0.25, 0.3) is 0 Å². The highest BCUT2D eigenvalue weighted by molar-refractivity contribution is 7.99. The summed E-state index contributed by atoms with van der Waals surface area (Å²) < 4.78 is 1.44. The summed E-state index contributed by atoms with van der Waals surface area (Å²) in [5, 5.41) is 18.4. The first-order valence-corrected chi connectivity index (χ1v) is 6.78. The third kappa shape index (κ3) is 2.25. The van der Waals surface area contributed by atoms with Gasteiger partial charge in [0.15, 0.2) is 0 Å². The minimum absolute atomic E-state index is 0.00812. The Morgan fingerprint density at radius 3 is 2.78 bits per heavy atom. The zero-order valence-corrected chi connectivity index (χ0v) is 10.8. The number of hydrogen-bond acceptors (Lipinski definition) is 5. The third-order valence-electron chi connectivity index (χ3n) is 3.32. The molecular weight excluding hydrogens is 256 g/mol. The normalized spacial score (nSPS) is 27.6. The SMILES string of the molecule is Cc1cn([C@@H]2SC[C@H](CO)[C@@H]2CO)c(=O)[nH]c1=O. The Kier molecular flexibility index (Phi) is 3.94. The van der Waals surface area contributed by atoms with Gasteiger partial charge in [-0.1, -0.05) is 0 Å². The van der Waals surface area contributed by atoms with Crippen LogP contribution in [0.1, 0.15) is 10.9 Å². The lowest BCUT2D eigenvalue weighted by Crippen LogP contribution is -2.35. The molecule has 100 valence electrons. The zero-order chi connectivity index (χ0) is 13.3. The fourth-order valence-electron chi connectivity index (χ4n) is 2.19. The van der Waals surface area contributed by atoms with Gasteiger partial charge in [0, 0.05) is 36.6 Å². The van der Waals surface area contributed by atoms with Gasteiger partial charge in [-0.15, -0.1) is 11.8 Å². The van der Waals surface area contributed by atoms with E-state index >= 15 is 0 Å². The van der Waals surface area contributed by atoms with Gasteiger partial charge < -0.3 is 10.2 Å². The average Bonchev–Trinajstić information content (AvgIpc) is 2.76. The van der Waals surface area contributed by atoms with Crippen molar-refractivity contribution in [2.75, 3.05) is 19.0 Å². The van der Waals surface area contributed by atoms with Gasteiger partial charge in [0.05, 0.1) is 5.37 Å². The Bertz CT molecular complexity index is 539. The van der Waals surface area contributed by atoms with Gasteiger partial charge in [-0.2, -0.15) is 0 Å². The number of nitrogens with zero attached hydrogens (tertiary/aromatic N) is 1. The minimum atomic E-state index is -0.472. The van der Waals surface area contributed by atoms with Crippen LogP contribution in [0.4, 0.5) is 0 Å². The molecular formula is C11H16N2O4S. The molecule has 0 saturated carbocycles.